The SMILES string of the molecule is CCCC(Nc1cc(NN)nc(N)n1)c1cccs1. The zero-order valence-corrected chi connectivity index (χ0v) is 11.6. The maximum atomic E-state index is 5.65. The van der Waals surface area contributed by atoms with Gasteiger partial charge in [-0.3, -0.25) is 0 Å². The number of nitrogens with zero attached hydrogens (tertiary/aromatic N) is 2. The van der Waals surface area contributed by atoms with E-state index in [0.717, 1.165) is 12.8 Å². The highest BCUT2D eigenvalue weighted by atomic mass is 32.1. The van der Waals surface area contributed by atoms with E-state index in [0.29, 0.717) is 11.6 Å². The van der Waals surface area contributed by atoms with E-state index in [1.54, 1.807) is 17.4 Å². The number of hydrogen-bond acceptors (Lipinski definition) is 7. The van der Waals surface area contributed by atoms with Crippen molar-refractivity contribution in [3.63, 3.8) is 0 Å². The van der Waals surface area contributed by atoms with Crippen LogP contribution < -0.4 is 22.3 Å². The van der Waals surface area contributed by atoms with Gasteiger partial charge in [0.25, 0.3) is 0 Å². The van der Waals surface area contributed by atoms with Gasteiger partial charge in [0, 0.05) is 10.9 Å². The molecule has 0 aliphatic heterocycles. The number of thiophene rings is 1. The third-order valence-electron chi connectivity index (χ3n) is 2.68. The van der Waals surface area contributed by atoms with Crippen LogP contribution in [0.4, 0.5) is 17.6 Å². The number of rotatable bonds is 6. The first-order chi connectivity index (χ1) is 9.22. The predicted octanol–water partition coefficient (Wildman–Crippen LogP) is 2.36. The van der Waals surface area contributed by atoms with Crippen LogP contribution in [0.2, 0.25) is 0 Å². The van der Waals surface area contributed by atoms with Crippen molar-refractivity contribution in [1.29, 1.82) is 0 Å². The van der Waals surface area contributed by atoms with Gasteiger partial charge in [0.1, 0.15) is 11.6 Å². The molecular weight excluding hydrogens is 260 g/mol. The molecule has 6 N–H and O–H groups in total. The lowest BCUT2D eigenvalue weighted by Crippen LogP contribution is -2.14. The minimum atomic E-state index is 0.194. The summed E-state index contributed by atoms with van der Waals surface area (Å²) in [7, 11) is 0. The van der Waals surface area contributed by atoms with Gasteiger partial charge in [0.05, 0.1) is 6.04 Å². The third-order valence-corrected chi connectivity index (χ3v) is 3.66. The summed E-state index contributed by atoms with van der Waals surface area (Å²) in [6, 6.07) is 6.13. The van der Waals surface area contributed by atoms with Crippen molar-refractivity contribution in [2.45, 2.75) is 25.8 Å². The summed E-state index contributed by atoms with van der Waals surface area (Å²) in [6.07, 6.45) is 2.11. The molecule has 19 heavy (non-hydrogen) atoms. The monoisotopic (exact) mass is 278 g/mol. The van der Waals surface area contributed by atoms with Crippen molar-refractivity contribution in [3.8, 4) is 0 Å². The molecule has 0 bridgehead atoms. The van der Waals surface area contributed by atoms with Crippen LogP contribution in [0.3, 0.4) is 0 Å². The van der Waals surface area contributed by atoms with E-state index in [4.69, 9.17) is 11.6 Å². The van der Waals surface area contributed by atoms with Gasteiger partial charge in [-0.05, 0) is 17.9 Å². The summed E-state index contributed by atoms with van der Waals surface area (Å²) in [5.74, 6) is 6.71. The van der Waals surface area contributed by atoms with Gasteiger partial charge < -0.3 is 16.5 Å². The molecule has 0 aromatic carbocycles. The summed E-state index contributed by atoms with van der Waals surface area (Å²) in [5, 5.41) is 5.45. The summed E-state index contributed by atoms with van der Waals surface area (Å²) in [6.45, 7) is 2.16. The van der Waals surface area contributed by atoms with Crippen LogP contribution in [0.25, 0.3) is 0 Å². The smallest absolute Gasteiger partial charge is 0.223 e. The van der Waals surface area contributed by atoms with Crippen LogP contribution in [-0.4, -0.2) is 9.97 Å². The largest absolute Gasteiger partial charge is 0.368 e. The first-order valence-corrected chi connectivity index (χ1v) is 7.02. The van der Waals surface area contributed by atoms with Gasteiger partial charge >= 0.3 is 0 Å². The van der Waals surface area contributed by atoms with E-state index in [2.05, 4.69) is 39.1 Å². The molecule has 0 saturated carbocycles. The number of hydrogen-bond donors (Lipinski definition) is 4. The fourth-order valence-electron chi connectivity index (χ4n) is 1.86. The fraction of sp³-hybridized carbons (Fsp3) is 0.333. The minimum absolute atomic E-state index is 0.194. The number of nitrogens with two attached hydrogens (primary N) is 2. The average molecular weight is 278 g/mol. The molecule has 2 aromatic rings. The van der Waals surface area contributed by atoms with Crippen molar-refractivity contribution >= 4 is 28.9 Å². The number of hydrazine groups is 1. The Balaban J connectivity index is 2.19. The highest BCUT2D eigenvalue weighted by molar-refractivity contribution is 7.10. The Morgan fingerprint density at radius 3 is 2.79 bits per heavy atom. The maximum absolute atomic E-state index is 5.65. The van der Waals surface area contributed by atoms with Crippen LogP contribution in [0.1, 0.15) is 30.7 Å². The van der Waals surface area contributed by atoms with E-state index < -0.39 is 0 Å². The first kappa shape index (κ1) is 13.6. The zero-order valence-electron chi connectivity index (χ0n) is 10.8. The van der Waals surface area contributed by atoms with Crippen LogP contribution in [0.5, 0.6) is 0 Å². The van der Waals surface area contributed by atoms with Crippen molar-refractivity contribution in [2.24, 2.45) is 5.84 Å². The van der Waals surface area contributed by atoms with E-state index >= 15 is 0 Å². The Bertz CT molecular complexity index is 513. The summed E-state index contributed by atoms with van der Waals surface area (Å²) < 4.78 is 0. The lowest BCUT2D eigenvalue weighted by Gasteiger charge is -2.17. The minimum Gasteiger partial charge on any atom is -0.368 e. The molecule has 2 heterocycles. The molecule has 0 spiro atoms. The van der Waals surface area contributed by atoms with Crippen molar-refractivity contribution in [3.05, 3.63) is 28.5 Å². The maximum Gasteiger partial charge on any atom is 0.223 e. The van der Waals surface area contributed by atoms with Crippen LogP contribution >= 0.6 is 11.3 Å². The predicted molar refractivity (Wildman–Crippen MR) is 79.8 cm³/mol. The Hall–Kier alpha value is -1.86. The summed E-state index contributed by atoms with van der Waals surface area (Å²) in [4.78, 5) is 9.42. The Kier molecular flexibility index (Phi) is 4.53. The second-order valence-corrected chi connectivity index (χ2v) is 5.12. The molecule has 1 unspecified atom stereocenters. The zero-order chi connectivity index (χ0) is 13.7. The number of nitrogens with one attached hydrogen (secondary N) is 2. The van der Waals surface area contributed by atoms with Crippen LogP contribution in [0, 0.1) is 0 Å². The highest BCUT2D eigenvalue weighted by Gasteiger charge is 2.13. The van der Waals surface area contributed by atoms with Gasteiger partial charge in [-0.25, -0.2) is 5.84 Å². The highest BCUT2D eigenvalue weighted by Crippen LogP contribution is 2.27. The number of anilines is 3. The molecule has 0 aliphatic carbocycles. The van der Waals surface area contributed by atoms with E-state index in [1.165, 1.54) is 4.88 Å². The molecule has 1 atom stereocenters. The normalized spacial score (nSPS) is 12.1. The van der Waals surface area contributed by atoms with E-state index in [9.17, 15) is 0 Å². The van der Waals surface area contributed by atoms with E-state index in [-0.39, 0.29) is 12.0 Å². The second-order valence-electron chi connectivity index (χ2n) is 4.14. The van der Waals surface area contributed by atoms with Gasteiger partial charge in [0.2, 0.25) is 5.95 Å². The molecule has 2 aromatic heterocycles. The van der Waals surface area contributed by atoms with Crippen molar-refractivity contribution in [2.75, 3.05) is 16.5 Å². The molecule has 0 amide bonds. The van der Waals surface area contributed by atoms with Gasteiger partial charge in [-0.2, -0.15) is 9.97 Å². The standard InChI is InChI=1S/C12H18N6S/c1-2-4-8(9-5-3-6-19-9)15-10-7-11(18-14)17-12(13)16-10/h3,5-8H,2,4,14H2,1H3,(H4,13,15,16,17,18). The summed E-state index contributed by atoms with van der Waals surface area (Å²) >= 11 is 1.73. The van der Waals surface area contributed by atoms with Gasteiger partial charge in [-0.1, -0.05) is 19.4 Å². The van der Waals surface area contributed by atoms with Gasteiger partial charge in [0.15, 0.2) is 0 Å². The summed E-state index contributed by atoms with van der Waals surface area (Å²) in [5.41, 5.74) is 8.13. The molecule has 7 heteroatoms. The molecule has 0 fully saturated rings. The molecule has 6 nitrogen and oxygen atoms in total. The Morgan fingerprint density at radius 1 is 1.37 bits per heavy atom. The lowest BCUT2D eigenvalue weighted by atomic mass is 10.1. The topological polar surface area (TPSA) is 102 Å². The fourth-order valence-corrected chi connectivity index (χ4v) is 2.67. The first-order valence-electron chi connectivity index (χ1n) is 6.14. The Labute approximate surface area is 116 Å². The number of nitrogen functional groups attached to an aromatic ring is 2. The molecular formula is C12H18N6S. The molecule has 2 rings (SSSR count). The third kappa shape index (κ3) is 3.55. The van der Waals surface area contributed by atoms with Gasteiger partial charge in [-0.15, -0.1) is 11.3 Å². The second kappa shape index (κ2) is 6.35. The Morgan fingerprint density at radius 2 is 2.16 bits per heavy atom. The van der Waals surface area contributed by atoms with Crippen LogP contribution in [-0.2, 0) is 0 Å². The van der Waals surface area contributed by atoms with Crippen molar-refractivity contribution in [1.82, 2.24) is 9.97 Å². The average Bonchev–Trinajstić information content (AvgIpc) is 2.91. The van der Waals surface area contributed by atoms with Crippen molar-refractivity contribution < 1.29 is 0 Å². The van der Waals surface area contributed by atoms with Crippen LogP contribution in [0.15, 0.2) is 23.6 Å². The molecule has 0 saturated heterocycles. The lowest BCUT2D eigenvalue weighted by molar-refractivity contribution is 0.684. The molecule has 0 aliphatic rings. The number of aromatic nitrogens is 2. The molecule has 102 valence electrons. The van der Waals surface area contributed by atoms with E-state index in [1.807, 2.05) is 6.07 Å². The molecule has 0 radical (unpaired) electrons. The quantitative estimate of drug-likeness (QED) is 0.478.